The van der Waals surface area contributed by atoms with Crippen LogP contribution >= 0.6 is 0 Å². The monoisotopic (exact) mass is 264 g/mol. The maximum absolute atomic E-state index is 11.6. The zero-order valence-corrected chi connectivity index (χ0v) is 11.3. The fourth-order valence-electron chi connectivity index (χ4n) is 1.90. The van der Waals surface area contributed by atoms with Crippen LogP contribution in [0.3, 0.4) is 0 Å². The number of hydrogen-bond donors (Lipinski definition) is 2. The van der Waals surface area contributed by atoms with Crippen LogP contribution in [0.4, 0.5) is 11.5 Å². The Kier molecular flexibility index (Phi) is 4.70. The van der Waals surface area contributed by atoms with Crippen LogP contribution in [0.5, 0.6) is 0 Å². The molecule has 0 radical (unpaired) electrons. The number of pyridine rings is 1. The molecule has 0 bridgehead atoms. The summed E-state index contributed by atoms with van der Waals surface area (Å²) in [5.74, 6) is 0.359. The van der Waals surface area contributed by atoms with Gasteiger partial charge in [0.05, 0.1) is 11.9 Å². The first-order valence-corrected chi connectivity index (χ1v) is 6.46. The van der Waals surface area contributed by atoms with E-state index in [0.29, 0.717) is 5.82 Å². The third kappa shape index (κ3) is 3.65. The summed E-state index contributed by atoms with van der Waals surface area (Å²) < 4.78 is 4.95. The summed E-state index contributed by atoms with van der Waals surface area (Å²) in [6.07, 6.45) is 1.31. The van der Waals surface area contributed by atoms with Gasteiger partial charge in [0.1, 0.15) is 11.9 Å². The number of methoxy groups -OCH3 is 1. The Labute approximate surface area is 113 Å². The number of carbonyl (C=O) groups is 1. The van der Waals surface area contributed by atoms with Gasteiger partial charge in [-0.05, 0) is 19.1 Å². The highest BCUT2D eigenvalue weighted by Gasteiger charge is 2.13. The summed E-state index contributed by atoms with van der Waals surface area (Å²) in [5.41, 5.74) is 1.08. The van der Waals surface area contributed by atoms with Crippen LogP contribution in [0.1, 0.15) is 6.92 Å². The van der Waals surface area contributed by atoms with Gasteiger partial charge in [0.2, 0.25) is 0 Å². The molecule has 2 N–H and O–H groups in total. The molecule has 1 aliphatic rings. The number of hydrogen-bond acceptors (Lipinski definition) is 5. The third-order valence-electron chi connectivity index (χ3n) is 3.20. The molecule has 0 aromatic carbocycles. The summed E-state index contributed by atoms with van der Waals surface area (Å²) in [5, 5.41) is 6.02. The molecule has 1 unspecified atom stereocenters. The van der Waals surface area contributed by atoms with Crippen molar-refractivity contribution in [2.75, 3.05) is 43.5 Å². The van der Waals surface area contributed by atoms with Crippen LogP contribution in [-0.2, 0) is 9.53 Å². The van der Waals surface area contributed by atoms with Gasteiger partial charge in [-0.2, -0.15) is 0 Å². The third-order valence-corrected chi connectivity index (χ3v) is 3.20. The van der Waals surface area contributed by atoms with Gasteiger partial charge in [0, 0.05) is 33.3 Å². The summed E-state index contributed by atoms with van der Waals surface area (Å²) in [6, 6.07) is 3.79. The van der Waals surface area contributed by atoms with Gasteiger partial charge in [-0.25, -0.2) is 4.98 Å². The number of ether oxygens (including phenoxy) is 1. The van der Waals surface area contributed by atoms with E-state index in [1.807, 2.05) is 12.1 Å². The van der Waals surface area contributed by atoms with Crippen molar-refractivity contribution in [2.45, 2.75) is 13.0 Å². The topological polar surface area (TPSA) is 66.5 Å². The molecule has 19 heavy (non-hydrogen) atoms. The van der Waals surface area contributed by atoms with E-state index >= 15 is 0 Å². The standard InChI is InChI=1S/C13H20N4O2/c1-10(19-2)13(18)16-12-4-3-11(9-15-12)17-7-5-14-6-8-17/h3-4,9-10,14H,5-8H2,1-2H3,(H,15,16,18). The van der Waals surface area contributed by atoms with Crippen LogP contribution in [0, 0.1) is 0 Å². The Morgan fingerprint density at radius 3 is 2.79 bits per heavy atom. The predicted octanol–water partition coefficient (Wildman–Crippen LogP) is 0.465. The second-order valence-corrected chi connectivity index (χ2v) is 4.51. The van der Waals surface area contributed by atoms with Crippen LogP contribution in [-0.4, -0.2) is 50.3 Å². The van der Waals surface area contributed by atoms with E-state index in [2.05, 4.69) is 20.5 Å². The highest BCUT2D eigenvalue weighted by Crippen LogP contribution is 2.15. The Hall–Kier alpha value is -1.66. The maximum Gasteiger partial charge on any atom is 0.254 e. The van der Waals surface area contributed by atoms with E-state index < -0.39 is 6.10 Å². The van der Waals surface area contributed by atoms with Crippen molar-refractivity contribution in [3.63, 3.8) is 0 Å². The minimum Gasteiger partial charge on any atom is -0.372 e. The lowest BCUT2D eigenvalue weighted by Gasteiger charge is -2.29. The average Bonchev–Trinajstić information content (AvgIpc) is 2.48. The van der Waals surface area contributed by atoms with Gasteiger partial charge in [-0.15, -0.1) is 0 Å². The molecule has 1 saturated heterocycles. The smallest absolute Gasteiger partial charge is 0.254 e. The number of anilines is 2. The Balaban J connectivity index is 1.96. The van der Waals surface area contributed by atoms with Crippen LogP contribution < -0.4 is 15.5 Å². The molecular weight excluding hydrogens is 244 g/mol. The molecule has 1 fully saturated rings. The Morgan fingerprint density at radius 1 is 1.47 bits per heavy atom. The molecule has 1 aromatic rings. The lowest BCUT2D eigenvalue weighted by atomic mass is 10.3. The molecule has 1 aliphatic heterocycles. The highest BCUT2D eigenvalue weighted by atomic mass is 16.5. The average molecular weight is 264 g/mol. The van der Waals surface area contributed by atoms with Crippen molar-refractivity contribution in [1.82, 2.24) is 10.3 Å². The minimum atomic E-state index is -0.477. The first-order valence-electron chi connectivity index (χ1n) is 6.46. The molecule has 0 saturated carbocycles. The first-order chi connectivity index (χ1) is 9.20. The van der Waals surface area contributed by atoms with Crippen LogP contribution in [0.2, 0.25) is 0 Å². The van der Waals surface area contributed by atoms with E-state index in [1.165, 1.54) is 7.11 Å². The molecule has 6 heteroatoms. The van der Waals surface area contributed by atoms with Gasteiger partial charge in [-0.1, -0.05) is 0 Å². The fourth-order valence-corrected chi connectivity index (χ4v) is 1.90. The molecule has 0 spiro atoms. The van der Waals surface area contributed by atoms with E-state index in [1.54, 1.807) is 13.1 Å². The molecular formula is C13H20N4O2. The van der Waals surface area contributed by atoms with Crippen molar-refractivity contribution < 1.29 is 9.53 Å². The largest absolute Gasteiger partial charge is 0.372 e. The molecule has 1 atom stereocenters. The Morgan fingerprint density at radius 2 is 2.21 bits per heavy atom. The molecule has 2 rings (SSSR count). The number of nitrogens with one attached hydrogen (secondary N) is 2. The lowest BCUT2D eigenvalue weighted by molar-refractivity contribution is -0.124. The Bertz CT molecular complexity index is 415. The maximum atomic E-state index is 11.6. The second-order valence-electron chi connectivity index (χ2n) is 4.51. The zero-order chi connectivity index (χ0) is 13.7. The van der Waals surface area contributed by atoms with Gasteiger partial charge in [-0.3, -0.25) is 4.79 Å². The molecule has 104 valence electrons. The van der Waals surface area contributed by atoms with Gasteiger partial charge in [0.25, 0.3) is 5.91 Å². The van der Waals surface area contributed by atoms with Crippen molar-refractivity contribution >= 4 is 17.4 Å². The summed E-state index contributed by atoms with van der Waals surface area (Å²) in [4.78, 5) is 18.2. The van der Waals surface area contributed by atoms with Gasteiger partial charge < -0.3 is 20.3 Å². The predicted molar refractivity (Wildman–Crippen MR) is 74.4 cm³/mol. The van der Waals surface area contributed by atoms with E-state index in [-0.39, 0.29) is 5.91 Å². The quantitative estimate of drug-likeness (QED) is 0.827. The van der Waals surface area contributed by atoms with Crippen LogP contribution in [0.25, 0.3) is 0 Å². The SMILES string of the molecule is COC(C)C(=O)Nc1ccc(N2CCNCC2)cn1. The number of rotatable bonds is 4. The lowest BCUT2D eigenvalue weighted by Crippen LogP contribution is -2.43. The molecule has 6 nitrogen and oxygen atoms in total. The van der Waals surface area contributed by atoms with E-state index in [9.17, 15) is 4.79 Å². The highest BCUT2D eigenvalue weighted by molar-refractivity contribution is 5.93. The molecule has 0 aliphatic carbocycles. The van der Waals surface area contributed by atoms with Crippen molar-refractivity contribution in [3.8, 4) is 0 Å². The summed E-state index contributed by atoms with van der Waals surface area (Å²) in [7, 11) is 1.51. The fraction of sp³-hybridized carbons (Fsp3) is 0.538. The number of amides is 1. The molecule has 2 heterocycles. The number of carbonyl (C=O) groups excluding carboxylic acids is 1. The van der Waals surface area contributed by atoms with Gasteiger partial charge in [0.15, 0.2) is 0 Å². The van der Waals surface area contributed by atoms with E-state index in [0.717, 1.165) is 31.9 Å². The molecule has 1 aromatic heterocycles. The van der Waals surface area contributed by atoms with Gasteiger partial charge >= 0.3 is 0 Å². The first kappa shape index (κ1) is 13.8. The van der Waals surface area contributed by atoms with Crippen molar-refractivity contribution in [1.29, 1.82) is 0 Å². The number of piperazine rings is 1. The van der Waals surface area contributed by atoms with Crippen molar-refractivity contribution in [2.24, 2.45) is 0 Å². The summed E-state index contributed by atoms with van der Waals surface area (Å²) >= 11 is 0. The van der Waals surface area contributed by atoms with Crippen molar-refractivity contribution in [3.05, 3.63) is 18.3 Å². The normalized spacial score (nSPS) is 17.1. The van der Waals surface area contributed by atoms with Crippen LogP contribution in [0.15, 0.2) is 18.3 Å². The number of aromatic nitrogens is 1. The second kappa shape index (κ2) is 6.49. The minimum absolute atomic E-state index is 0.190. The molecule has 1 amide bonds. The zero-order valence-electron chi connectivity index (χ0n) is 11.3. The number of nitrogens with zero attached hydrogens (tertiary/aromatic N) is 2. The summed E-state index contributed by atoms with van der Waals surface area (Å²) in [6.45, 7) is 5.64. The van der Waals surface area contributed by atoms with E-state index in [4.69, 9.17) is 4.74 Å².